The van der Waals surface area contributed by atoms with Crippen molar-refractivity contribution >= 4 is 47.1 Å². The number of para-hydroxylation sites is 1. The van der Waals surface area contributed by atoms with Crippen molar-refractivity contribution in [1.82, 2.24) is 5.43 Å². The molecule has 154 valence electrons. The molecule has 7 heteroatoms. The summed E-state index contributed by atoms with van der Waals surface area (Å²) in [5.74, 6) is 1.49. The van der Waals surface area contributed by atoms with E-state index in [1.54, 1.807) is 6.21 Å². The molecule has 0 bridgehead atoms. The summed E-state index contributed by atoms with van der Waals surface area (Å²) >= 11 is 13.6. The van der Waals surface area contributed by atoms with Crippen LogP contribution in [0.3, 0.4) is 0 Å². The first-order valence-corrected chi connectivity index (χ1v) is 11.1. The van der Waals surface area contributed by atoms with Crippen molar-refractivity contribution in [2.75, 3.05) is 5.75 Å². The molecule has 0 aliphatic carbocycles. The molecule has 4 nitrogen and oxygen atoms in total. The number of carbonyl (C=O) groups excluding carboxylic acids is 1. The van der Waals surface area contributed by atoms with Gasteiger partial charge >= 0.3 is 0 Å². The van der Waals surface area contributed by atoms with Gasteiger partial charge in [-0.25, -0.2) is 5.43 Å². The summed E-state index contributed by atoms with van der Waals surface area (Å²) in [6.45, 7) is 0.344. The minimum absolute atomic E-state index is 0.173. The number of thioether (sulfide) groups is 1. The highest BCUT2D eigenvalue weighted by Crippen LogP contribution is 2.21. The molecule has 0 unspecified atom stereocenters. The third-order valence-corrected chi connectivity index (χ3v) is 5.65. The molecule has 0 aromatic heterocycles. The van der Waals surface area contributed by atoms with E-state index in [1.165, 1.54) is 11.8 Å². The van der Waals surface area contributed by atoms with E-state index in [1.807, 2.05) is 72.8 Å². The molecule has 0 aliphatic rings. The Balaban J connectivity index is 1.48. The zero-order valence-corrected chi connectivity index (χ0v) is 18.4. The minimum Gasteiger partial charge on any atom is -0.488 e. The number of hydrazone groups is 1. The van der Waals surface area contributed by atoms with Crippen molar-refractivity contribution in [2.45, 2.75) is 12.4 Å². The van der Waals surface area contributed by atoms with E-state index in [0.29, 0.717) is 33.9 Å². The fourth-order valence-corrected chi connectivity index (χ4v) is 3.75. The van der Waals surface area contributed by atoms with Gasteiger partial charge < -0.3 is 4.74 Å². The predicted molar refractivity (Wildman–Crippen MR) is 126 cm³/mol. The average Bonchev–Trinajstić information content (AvgIpc) is 2.74. The Labute approximate surface area is 190 Å². The fourth-order valence-electron chi connectivity index (χ4n) is 2.58. The number of amides is 1. The number of hydrogen-bond donors (Lipinski definition) is 1. The summed E-state index contributed by atoms with van der Waals surface area (Å²) < 4.78 is 5.88. The maximum atomic E-state index is 12.0. The monoisotopic (exact) mass is 458 g/mol. The molecule has 0 aliphatic heterocycles. The summed E-state index contributed by atoms with van der Waals surface area (Å²) in [4.78, 5) is 12.0. The Bertz CT molecular complexity index is 1030. The highest BCUT2D eigenvalue weighted by molar-refractivity contribution is 7.99. The van der Waals surface area contributed by atoms with Crippen LogP contribution in [0.5, 0.6) is 5.75 Å². The summed E-state index contributed by atoms with van der Waals surface area (Å²) in [5, 5.41) is 5.40. The number of hydrogen-bond acceptors (Lipinski definition) is 4. The number of rotatable bonds is 9. The molecule has 0 saturated heterocycles. The zero-order valence-electron chi connectivity index (χ0n) is 16.1. The Morgan fingerprint density at radius 3 is 2.67 bits per heavy atom. The van der Waals surface area contributed by atoms with Gasteiger partial charge in [-0.05, 0) is 35.9 Å². The van der Waals surface area contributed by atoms with Gasteiger partial charge in [0, 0.05) is 26.9 Å². The van der Waals surface area contributed by atoms with Gasteiger partial charge in [-0.1, -0.05) is 65.7 Å². The number of ether oxygens (including phenoxy) is 1. The highest BCUT2D eigenvalue weighted by Gasteiger charge is 2.05. The van der Waals surface area contributed by atoms with Gasteiger partial charge in [-0.2, -0.15) is 5.10 Å². The Kier molecular flexibility index (Phi) is 8.63. The van der Waals surface area contributed by atoms with Crippen LogP contribution in [0.15, 0.2) is 77.9 Å². The van der Waals surface area contributed by atoms with Crippen LogP contribution in [0.25, 0.3) is 0 Å². The van der Waals surface area contributed by atoms with Gasteiger partial charge in [0.1, 0.15) is 12.4 Å². The summed E-state index contributed by atoms with van der Waals surface area (Å²) in [5.41, 5.74) is 5.28. The van der Waals surface area contributed by atoms with Crippen LogP contribution in [0.4, 0.5) is 0 Å². The Morgan fingerprint density at radius 2 is 1.83 bits per heavy atom. The Hall–Kier alpha value is -2.47. The van der Waals surface area contributed by atoms with Crippen LogP contribution in [-0.4, -0.2) is 17.9 Å². The normalized spacial score (nSPS) is 10.9. The van der Waals surface area contributed by atoms with Crippen LogP contribution in [-0.2, 0) is 17.2 Å². The smallest absolute Gasteiger partial charge is 0.250 e. The molecule has 1 amide bonds. The number of nitrogens with one attached hydrogen (secondary N) is 1. The lowest BCUT2D eigenvalue weighted by Crippen LogP contribution is -2.19. The molecular formula is C23H20Cl2N2O2S. The Morgan fingerprint density at radius 1 is 1.03 bits per heavy atom. The second kappa shape index (κ2) is 11.6. The number of carbonyl (C=O) groups is 1. The van der Waals surface area contributed by atoms with Crippen molar-refractivity contribution in [1.29, 1.82) is 0 Å². The van der Waals surface area contributed by atoms with Gasteiger partial charge in [-0.15, -0.1) is 11.8 Å². The lowest BCUT2D eigenvalue weighted by Gasteiger charge is -2.10. The van der Waals surface area contributed by atoms with Gasteiger partial charge in [-0.3, -0.25) is 4.79 Å². The van der Waals surface area contributed by atoms with Crippen molar-refractivity contribution in [2.24, 2.45) is 5.10 Å². The molecule has 0 atom stereocenters. The maximum Gasteiger partial charge on any atom is 0.250 e. The standard InChI is InChI=1S/C23H20Cl2N2O2S/c24-20-9-5-6-17(12-20)15-30-16-23(28)27-26-13-18-7-2-4-11-22(18)29-14-19-8-1-3-10-21(19)25/h1-13H,14-16H2,(H,27,28)/b26-13-. The molecule has 0 saturated carbocycles. The molecule has 3 aromatic carbocycles. The van der Waals surface area contributed by atoms with E-state index in [-0.39, 0.29) is 5.91 Å². The highest BCUT2D eigenvalue weighted by atomic mass is 35.5. The maximum absolute atomic E-state index is 12.0. The van der Waals surface area contributed by atoms with Crippen molar-refractivity contribution in [3.63, 3.8) is 0 Å². The quantitative estimate of drug-likeness (QED) is 0.318. The fraction of sp³-hybridized carbons (Fsp3) is 0.130. The first-order valence-electron chi connectivity index (χ1n) is 9.21. The van der Waals surface area contributed by atoms with Crippen molar-refractivity contribution < 1.29 is 9.53 Å². The minimum atomic E-state index is -0.173. The van der Waals surface area contributed by atoms with Crippen molar-refractivity contribution in [3.05, 3.63) is 99.5 Å². The van der Waals surface area contributed by atoms with E-state index < -0.39 is 0 Å². The molecule has 0 heterocycles. The second-order valence-corrected chi connectivity index (χ2v) is 8.16. The van der Waals surface area contributed by atoms with Gasteiger partial charge in [0.05, 0.1) is 12.0 Å². The van der Waals surface area contributed by atoms with Gasteiger partial charge in [0.25, 0.3) is 0 Å². The van der Waals surface area contributed by atoms with Crippen molar-refractivity contribution in [3.8, 4) is 5.75 Å². The summed E-state index contributed by atoms with van der Waals surface area (Å²) in [6.07, 6.45) is 1.57. The lowest BCUT2D eigenvalue weighted by molar-refractivity contribution is -0.118. The van der Waals surface area contributed by atoms with E-state index in [2.05, 4.69) is 10.5 Å². The number of benzene rings is 3. The molecule has 3 rings (SSSR count). The molecular weight excluding hydrogens is 439 g/mol. The third kappa shape index (κ3) is 7.10. The number of nitrogens with zero attached hydrogens (tertiary/aromatic N) is 1. The van der Waals surface area contributed by atoms with E-state index in [0.717, 1.165) is 16.7 Å². The summed E-state index contributed by atoms with van der Waals surface area (Å²) in [7, 11) is 0. The van der Waals surface area contributed by atoms with Crippen LogP contribution in [0.1, 0.15) is 16.7 Å². The number of halogens is 2. The van der Waals surface area contributed by atoms with Crippen LogP contribution in [0, 0.1) is 0 Å². The molecule has 0 spiro atoms. The van der Waals surface area contributed by atoms with Gasteiger partial charge in [0.15, 0.2) is 0 Å². The van der Waals surface area contributed by atoms with Crippen LogP contribution in [0.2, 0.25) is 10.0 Å². The molecule has 1 N–H and O–H groups in total. The third-order valence-electron chi connectivity index (χ3n) is 4.04. The van der Waals surface area contributed by atoms with E-state index in [4.69, 9.17) is 27.9 Å². The molecule has 3 aromatic rings. The molecule has 30 heavy (non-hydrogen) atoms. The van der Waals surface area contributed by atoms with E-state index in [9.17, 15) is 4.79 Å². The first kappa shape index (κ1) is 22.2. The first-order chi connectivity index (χ1) is 14.6. The largest absolute Gasteiger partial charge is 0.488 e. The predicted octanol–water partition coefficient (Wildman–Crippen LogP) is 5.96. The van der Waals surface area contributed by atoms with E-state index >= 15 is 0 Å². The average molecular weight is 459 g/mol. The van der Waals surface area contributed by atoms with Crippen LogP contribution < -0.4 is 10.2 Å². The topological polar surface area (TPSA) is 50.7 Å². The molecule has 0 fully saturated rings. The zero-order chi connectivity index (χ0) is 21.2. The molecule has 0 radical (unpaired) electrons. The van der Waals surface area contributed by atoms with Gasteiger partial charge in [0.2, 0.25) is 5.91 Å². The summed E-state index contributed by atoms with van der Waals surface area (Å²) in [6, 6.07) is 22.6. The second-order valence-electron chi connectivity index (χ2n) is 6.33. The van der Waals surface area contributed by atoms with Crippen LogP contribution >= 0.6 is 35.0 Å². The SMILES string of the molecule is O=C(CSCc1cccc(Cl)c1)N/N=C\c1ccccc1OCc1ccccc1Cl. The lowest BCUT2D eigenvalue weighted by atomic mass is 10.2.